The summed E-state index contributed by atoms with van der Waals surface area (Å²) in [6, 6.07) is 6.46. The minimum absolute atomic E-state index is 0.0324. The van der Waals surface area contributed by atoms with Crippen LogP contribution in [-0.4, -0.2) is 16.8 Å². The molecule has 0 aliphatic rings. The Balaban J connectivity index is 1.89. The molecule has 0 spiro atoms. The summed E-state index contributed by atoms with van der Waals surface area (Å²) in [5.74, 6) is -0.838. The standard InChI is InChI=1S/C13H10BrCl2N3O2/c14-8-4-11(17-6-8)13(21)19-18-12(20)3-7-1-2-9(15)5-10(7)16/h1-2,4-6,17H,3H2,(H,18,20)(H,19,21). The number of benzene rings is 1. The van der Waals surface area contributed by atoms with Crippen LogP contribution in [0.25, 0.3) is 0 Å². The van der Waals surface area contributed by atoms with E-state index in [9.17, 15) is 9.59 Å². The number of halogens is 3. The predicted octanol–water partition coefficient (Wildman–Crippen LogP) is 3.09. The van der Waals surface area contributed by atoms with Gasteiger partial charge in [-0.25, -0.2) is 0 Å². The summed E-state index contributed by atoms with van der Waals surface area (Å²) >= 11 is 15.0. The molecule has 2 aromatic rings. The minimum Gasteiger partial charge on any atom is -0.356 e. The van der Waals surface area contributed by atoms with Gasteiger partial charge in [0.2, 0.25) is 5.91 Å². The molecule has 0 aliphatic heterocycles. The summed E-state index contributed by atoms with van der Waals surface area (Å²) in [5.41, 5.74) is 5.56. The molecule has 1 aromatic carbocycles. The fourth-order valence-corrected chi connectivity index (χ4v) is 2.39. The van der Waals surface area contributed by atoms with E-state index in [1.165, 1.54) is 0 Å². The molecule has 0 saturated carbocycles. The molecule has 2 rings (SSSR count). The zero-order chi connectivity index (χ0) is 15.4. The summed E-state index contributed by atoms with van der Waals surface area (Å²) in [6.45, 7) is 0. The van der Waals surface area contributed by atoms with Crippen molar-refractivity contribution in [1.29, 1.82) is 0 Å². The van der Waals surface area contributed by atoms with Gasteiger partial charge < -0.3 is 4.98 Å². The topological polar surface area (TPSA) is 74.0 Å². The smallest absolute Gasteiger partial charge is 0.286 e. The summed E-state index contributed by atoms with van der Waals surface area (Å²) in [7, 11) is 0. The lowest BCUT2D eigenvalue weighted by molar-refractivity contribution is -0.121. The van der Waals surface area contributed by atoms with Crippen LogP contribution in [0.3, 0.4) is 0 Å². The van der Waals surface area contributed by atoms with Gasteiger partial charge in [-0.15, -0.1) is 0 Å². The molecule has 0 saturated heterocycles. The van der Waals surface area contributed by atoms with E-state index in [0.29, 0.717) is 21.3 Å². The van der Waals surface area contributed by atoms with E-state index in [1.807, 2.05) is 0 Å². The molecule has 5 nitrogen and oxygen atoms in total. The van der Waals surface area contributed by atoms with Crippen LogP contribution >= 0.6 is 39.1 Å². The Morgan fingerprint density at radius 1 is 1.19 bits per heavy atom. The van der Waals surface area contributed by atoms with E-state index >= 15 is 0 Å². The minimum atomic E-state index is -0.448. The molecule has 1 heterocycles. The third-order valence-electron chi connectivity index (χ3n) is 2.57. The summed E-state index contributed by atoms with van der Waals surface area (Å²) < 4.78 is 0.743. The van der Waals surface area contributed by atoms with Crippen molar-refractivity contribution in [1.82, 2.24) is 15.8 Å². The number of aromatic nitrogens is 1. The molecule has 0 aliphatic carbocycles. The number of hydrogen-bond acceptors (Lipinski definition) is 2. The predicted molar refractivity (Wildman–Crippen MR) is 84.3 cm³/mol. The average molecular weight is 391 g/mol. The van der Waals surface area contributed by atoms with Crippen molar-refractivity contribution in [3.8, 4) is 0 Å². The first-order valence-electron chi connectivity index (χ1n) is 5.83. The first kappa shape index (κ1) is 15.9. The first-order chi connectivity index (χ1) is 9.95. The molecule has 110 valence electrons. The summed E-state index contributed by atoms with van der Waals surface area (Å²) in [4.78, 5) is 26.2. The quantitative estimate of drug-likeness (QED) is 0.704. The van der Waals surface area contributed by atoms with E-state index in [1.54, 1.807) is 30.5 Å². The van der Waals surface area contributed by atoms with Crippen LogP contribution in [0.2, 0.25) is 10.0 Å². The highest BCUT2D eigenvalue weighted by Crippen LogP contribution is 2.21. The monoisotopic (exact) mass is 389 g/mol. The molecule has 0 atom stereocenters. The maximum atomic E-state index is 11.8. The molecule has 1 aromatic heterocycles. The van der Waals surface area contributed by atoms with Crippen LogP contribution in [0.4, 0.5) is 0 Å². The number of aromatic amines is 1. The van der Waals surface area contributed by atoms with Crippen molar-refractivity contribution in [2.45, 2.75) is 6.42 Å². The van der Waals surface area contributed by atoms with Crippen molar-refractivity contribution in [3.05, 3.63) is 56.2 Å². The van der Waals surface area contributed by atoms with E-state index in [2.05, 4.69) is 31.8 Å². The van der Waals surface area contributed by atoms with Crippen LogP contribution < -0.4 is 10.9 Å². The SMILES string of the molecule is O=C(Cc1ccc(Cl)cc1Cl)NNC(=O)c1cc(Br)c[nH]1. The molecule has 8 heteroatoms. The van der Waals surface area contributed by atoms with Gasteiger partial charge >= 0.3 is 0 Å². The van der Waals surface area contributed by atoms with Crippen LogP contribution in [0.1, 0.15) is 16.1 Å². The first-order valence-corrected chi connectivity index (χ1v) is 7.37. The number of amides is 2. The number of carbonyl (C=O) groups excluding carboxylic acids is 2. The number of H-pyrrole nitrogens is 1. The molecule has 3 N–H and O–H groups in total. The fraction of sp³-hybridized carbons (Fsp3) is 0.0769. The van der Waals surface area contributed by atoms with Crippen molar-refractivity contribution >= 4 is 50.9 Å². The van der Waals surface area contributed by atoms with Crippen LogP contribution in [0, 0.1) is 0 Å². The molecule has 0 radical (unpaired) electrons. The van der Waals surface area contributed by atoms with Gasteiger partial charge in [0.15, 0.2) is 0 Å². The Kier molecular flexibility index (Phi) is 5.27. The van der Waals surface area contributed by atoms with Crippen molar-refractivity contribution in [2.75, 3.05) is 0 Å². The third kappa shape index (κ3) is 4.49. The normalized spacial score (nSPS) is 10.2. The van der Waals surface area contributed by atoms with Crippen molar-refractivity contribution in [2.24, 2.45) is 0 Å². The highest BCUT2D eigenvalue weighted by molar-refractivity contribution is 9.10. The highest BCUT2D eigenvalue weighted by atomic mass is 79.9. The summed E-state index contributed by atoms with van der Waals surface area (Å²) in [5, 5.41) is 0.895. The molecule has 21 heavy (non-hydrogen) atoms. The van der Waals surface area contributed by atoms with Crippen molar-refractivity contribution < 1.29 is 9.59 Å². The maximum Gasteiger partial charge on any atom is 0.286 e. The fourth-order valence-electron chi connectivity index (χ4n) is 1.58. The van der Waals surface area contributed by atoms with Crippen LogP contribution in [-0.2, 0) is 11.2 Å². The molecule has 0 fully saturated rings. The Hall–Kier alpha value is -1.50. The second kappa shape index (κ2) is 6.98. The van der Waals surface area contributed by atoms with Gasteiger partial charge in [-0.1, -0.05) is 29.3 Å². The van der Waals surface area contributed by atoms with Crippen LogP contribution in [0.15, 0.2) is 34.9 Å². The molecular formula is C13H10BrCl2N3O2. The third-order valence-corrected chi connectivity index (χ3v) is 3.62. The van der Waals surface area contributed by atoms with Gasteiger partial charge in [0.05, 0.1) is 6.42 Å². The van der Waals surface area contributed by atoms with E-state index in [-0.39, 0.29) is 6.42 Å². The molecule has 0 unspecified atom stereocenters. The number of rotatable bonds is 3. The van der Waals surface area contributed by atoms with Gasteiger partial charge in [-0.2, -0.15) is 0 Å². The Labute approximate surface area is 139 Å². The average Bonchev–Trinajstić information content (AvgIpc) is 2.86. The number of carbonyl (C=O) groups is 2. The van der Waals surface area contributed by atoms with Gasteiger partial charge in [-0.3, -0.25) is 20.4 Å². The van der Waals surface area contributed by atoms with Crippen molar-refractivity contribution in [3.63, 3.8) is 0 Å². The van der Waals surface area contributed by atoms with Gasteiger partial charge in [0.1, 0.15) is 5.69 Å². The lowest BCUT2D eigenvalue weighted by Gasteiger charge is -2.07. The Morgan fingerprint density at radius 3 is 2.57 bits per heavy atom. The molecule has 2 amide bonds. The van der Waals surface area contributed by atoms with Crippen LogP contribution in [0.5, 0.6) is 0 Å². The maximum absolute atomic E-state index is 11.8. The number of hydrazine groups is 1. The Bertz CT molecular complexity index is 688. The van der Waals surface area contributed by atoms with E-state index in [0.717, 1.165) is 4.47 Å². The summed E-state index contributed by atoms with van der Waals surface area (Å²) in [6.07, 6.45) is 1.65. The van der Waals surface area contributed by atoms with Gasteiger partial charge in [0, 0.05) is 20.7 Å². The van der Waals surface area contributed by atoms with E-state index < -0.39 is 11.8 Å². The highest BCUT2D eigenvalue weighted by Gasteiger charge is 2.11. The van der Waals surface area contributed by atoms with E-state index in [4.69, 9.17) is 23.2 Å². The zero-order valence-electron chi connectivity index (χ0n) is 10.5. The molecular weight excluding hydrogens is 381 g/mol. The van der Waals surface area contributed by atoms with Gasteiger partial charge in [-0.05, 0) is 39.7 Å². The molecule has 0 bridgehead atoms. The lowest BCUT2D eigenvalue weighted by atomic mass is 10.1. The van der Waals surface area contributed by atoms with Gasteiger partial charge in [0.25, 0.3) is 5.91 Å². The number of hydrogen-bond donors (Lipinski definition) is 3. The zero-order valence-corrected chi connectivity index (χ0v) is 13.6. The Morgan fingerprint density at radius 2 is 1.95 bits per heavy atom. The lowest BCUT2D eigenvalue weighted by Crippen LogP contribution is -2.42. The number of nitrogens with one attached hydrogen (secondary N) is 3. The largest absolute Gasteiger partial charge is 0.356 e. The second-order valence-corrected chi connectivity index (χ2v) is 5.91. The second-order valence-electron chi connectivity index (χ2n) is 4.15.